The quantitative estimate of drug-likeness (QED) is 0.779. The first-order valence-corrected chi connectivity index (χ1v) is 7.60. The standard InChI is InChI=1S/C17H18N4O3/c1-4-23-13-6-5-7-14(9-13)24-16-15(8-11(2)10-18-16)21-12(3)19-20-17(21)22/h5-10H,4H2,1-3H3,(H,20,22). The Bertz CT molecular complexity index is 914. The van der Waals surface area contributed by atoms with Gasteiger partial charge in [0, 0.05) is 12.3 Å². The summed E-state index contributed by atoms with van der Waals surface area (Å²) in [6, 6.07) is 9.10. The molecule has 0 amide bonds. The van der Waals surface area contributed by atoms with Gasteiger partial charge in [0.1, 0.15) is 23.0 Å². The van der Waals surface area contributed by atoms with Gasteiger partial charge in [-0.15, -0.1) is 0 Å². The zero-order valence-corrected chi connectivity index (χ0v) is 13.7. The van der Waals surface area contributed by atoms with Gasteiger partial charge in [-0.25, -0.2) is 19.4 Å². The van der Waals surface area contributed by atoms with E-state index >= 15 is 0 Å². The lowest BCUT2D eigenvalue weighted by Gasteiger charge is -2.12. The molecule has 7 nitrogen and oxygen atoms in total. The monoisotopic (exact) mass is 326 g/mol. The number of hydrogen-bond acceptors (Lipinski definition) is 5. The van der Waals surface area contributed by atoms with Crippen LogP contribution in [0.25, 0.3) is 5.69 Å². The third kappa shape index (κ3) is 3.15. The highest BCUT2D eigenvalue weighted by molar-refractivity contribution is 5.47. The lowest BCUT2D eigenvalue weighted by Crippen LogP contribution is -2.17. The summed E-state index contributed by atoms with van der Waals surface area (Å²) in [6.45, 7) is 6.12. The second-order valence-electron chi connectivity index (χ2n) is 5.26. The summed E-state index contributed by atoms with van der Waals surface area (Å²) in [4.78, 5) is 16.4. The van der Waals surface area contributed by atoms with E-state index in [4.69, 9.17) is 9.47 Å². The maximum atomic E-state index is 12.0. The Morgan fingerprint density at radius 2 is 2.00 bits per heavy atom. The van der Waals surface area contributed by atoms with Gasteiger partial charge < -0.3 is 9.47 Å². The summed E-state index contributed by atoms with van der Waals surface area (Å²) in [7, 11) is 0. The van der Waals surface area contributed by atoms with Crippen LogP contribution >= 0.6 is 0 Å². The fraction of sp³-hybridized carbons (Fsp3) is 0.235. The minimum Gasteiger partial charge on any atom is -0.494 e. The molecule has 7 heteroatoms. The molecule has 0 saturated carbocycles. The topological polar surface area (TPSA) is 82.0 Å². The van der Waals surface area contributed by atoms with Crippen molar-refractivity contribution in [1.82, 2.24) is 19.7 Å². The first-order valence-electron chi connectivity index (χ1n) is 7.60. The van der Waals surface area contributed by atoms with Crippen molar-refractivity contribution in [3.63, 3.8) is 0 Å². The fourth-order valence-corrected chi connectivity index (χ4v) is 2.35. The molecular weight excluding hydrogens is 308 g/mol. The van der Waals surface area contributed by atoms with E-state index < -0.39 is 0 Å². The van der Waals surface area contributed by atoms with Crippen molar-refractivity contribution in [1.29, 1.82) is 0 Å². The van der Waals surface area contributed by atoms with Gasteiger partial charge in [-0.05, 0) is 44.5 Å². The predicted molar refractivity (Wildman–Crippen MR) is 89.1 cm³/mol. The van der Waals surface area contributed by atoms with E-state index in [0.29, 0.717) is 35.5 Å². The van der Waals surface area contributed by atoms with Crippen LogP contribution in [0.1, 0.15) is 18.3 Å². The molecule has 0 unspecified atom stereocenters. The smallest absolute Gasteiger partial charge is 0.348 e. The minimum absolute atomic E-state index is 0.320. The van der Waals surface area contributed by atoms with Crippen molar-refractivity contribution >= 4 is 0 Å². The average molecular weight is 326 g/mol. The Balaban J connectivity index is 2.03. The number of aromatic nitrogens is 4. The van der Waals surface area contributed by atoms with Crippen LogP contribution in [0.3, 0.4) is 0 Å². The summed E-state index contributed by atoms with van der Waals surface area (Å²) in [5.41, 5.74) is 1.11. The molecule has 3 aromatic rings. The molecule has 0 bridgehead atoms. The van der Waals surface area contributed by atoms with Gasteiger partial charge in [0.05, 0.1) is 6.61 Å². The molecule has 1 N–H and O–H groups in total. The van der Waals surface area contributed by atoms with Gasteiger partial charge in [0.25, 0.3) is 0 Å². The third-order valence-corrected chi connectivity index (χ3v) is 3.38. The highest BCUT2D eigenvalue weighted by Gasteiger charge is 2.15. The Labute approximate surface area is 138 Å². The lowest BCUT2D eigenvalue weighted by atomic mass is 10.3. The maximum Gasteiger partial charge on any atom is 0.348 e. The highest BCUT2D eigenvalue weighted by atomic mass is 16.5. The molecule has 0 aliphatic carbocycles. The number of H-pyrrole nitrogens is 1. The molecule has 1 aromatic carbocycles. The predicted octanol–water partition coefficient (Wildman–Crippen LogP) is 2.76. The van der Waals surface area contributed by atoms with E-state index in [0.717, 1.165) is 5.56 Å². The van der Waals surface area contributed by atoms with Crippen molar-refractivity contribution in [2.45, 2.75) is 20.8 Å². The van der Waals surface area contributed by atoms with Gasteiger partial charge in [-0.2, -0.15) is 5.10 Å². The molecule has 0 saturated heterocycles. The summed E-state index contributed by atoms with van der Waals surface area (Å²) < 4.78 is 12.8. The maximum absolute atomic E-state index is 12.0. The molecule has 0 spiro atoms. The first-order chi connectivity index (χ1) is 11.6. The summed E-state index contributed by atoms with van der Waals surface area (Å²) >= 11 is 0. The van der Waals surface area contributed by atoms with E-state index in [9.17, 15) is 4.79 Å². The summed E-state index contributed by atoms with van der Waals surface area (Å²) in [5, 5.41) is 6.36. The van der Waals surface area contributed by atoms with E-state index in [1.54, 1.807) is 25.3 Å². The van der Waals surface area contributed by atoms with Crippen molar-refractivity contribution in [2.24, 2.45) is 0 Å². The second kappa shape index (κ2) is 6.57. The van der Waals surface area contributed by atoms with E-state index in [1.165, 1.54) is 4.57 Å². The third-order valence-electron chi connectivity index (χ3n) is 3.38. The summed E-state index contributed by atoms with van der Waals surface area (Å²) in [5.74, 6) is 2.13. The van der Waals surface area contributed by atoms with Crippen LogP contribution in [0, 0.1) is 13.8 Å². The van der Waals surface area contributed by atoms with Gasteiger partial charge in [-0.3, -0.25) is 0 Å². The van der Waals surface area contributed by atoms with Gasteiger partial charge in [-0.1, -0.05) is 6.07 Å². The SMILES string of the molecule is CCOc1cccc(Oc2ncc(C)cc2-n2c(C)n[nH]c2=O)c1. The van der Waals surface area contributed by atoms with E-state index in [1.807, 2.05) is 32.0 Å². The highest BCUT2D eigenvalue weighted by Crippen LogP contribution is 2.28. The largest absolute Gasteiger partial charge is 0.494 e. The Hall–Kier alpha value is -3.09. The van der Waals surface area contributed by atoms with Crippen LogP contribution in [-0.2, 0) is 0 Å². The lowest BCUT2D eigenvalue weighted by molar-refractivity contribution is 0.338. The van der Waals surface area contributed by atoms with Crippen LogP contribution < -0.4 is 15.2 Å². The number of aromatic amines is 1. The Kier molecular flexibility index (Phi) is 4.33. The van der Waals surface area contributed by atoms with Crippen molar-refractivity contribution in [3.05, 3.63) is 58.4 Å². The molecule has 124 valence electrons. The number of pyridine rings is 1. The van der Waals surface area contributed by atoms with E-state index in [-0.39, 0.29) is 5.69 Å². The normalized spacial score (nSPS) is 10.6. The molecule has 0 fully saturated rings. The first kappa shape index (κ1) is 15.8. The molecule has 2 aromatic heterocycles. The second-order valence-corrected chi connectivity index (χ2v) is 5.26. The molecular formula is C17H18N4O3. The molecule has 0 atom stereocenters. The molecule has 0 aliphatic rings. The number of benzene rings is 1. The molecule has 0 radical (unpaired) electrons. The number of aryl methyl sites for hydroxylation is 2. The van der Waals surface area contributed by atoms with Crippen molar-refractivity contribution in [3.8, 4) is 23.1 Å². The van der Waals surface area contributed by atoms with Gasteiger partial charge in [0.15, 0.2) is 0 Å². The average Bonchev–Trinajstić information content (AvgIpc) is 2.89. The molecule has 2 heterocycles. The Morgan fingerprint density at radius 3 is 2.71 bits per heavy atom. The zero-order valence-electron chi connectivity index (χ0n) is 13.7. The van der Waals surface area contributed by atoms with Gasteiger partial charge >= 0.3 is 5.69 Å². The van der Waals surface area contributed by atoms with Crippen LogP contribution in [0.2, 0.25) is 0 Å². The molecule has 3 rings (SSSR count). The molecule has 24 heavy (non-hydrogen) atoms. The van der Waals surface area contributed by atoms with Crippen molar-refractivity contribution in [2.75, 3.05) is 6.61 Å². The van der Waals surface area contributed by atoms with Crippen LogP contribution in [0.5, 0.6) is 17.4 Å². The number of ether oxygens (including phenoxy) is 2. The van der Waals surface area contributed by atoms with Crippen LogP contribution in [0.15, 0.2) is 41.3 Å². The van der Waals surface area contributed by atoms with Crippen molar-refractivity contribution < 1.29 is 9.47 Å². The van der Waals surface area contributed by atoms with Gasteiger partial charge in [0.2, 0.25) is 5.88 Å². The van der Waals surface area contributed by atoms with E-state index in [2.05, 4.69) is 15.2 Å². The zero-order chi connectivity index (χ0) is 17.1. The Morgan fingerprint density at radius 1 is 1.21 bits per heavy atom. The number of nitrogens with one attached hydrogen (secondary N) is 1. The minimum atomic E-state index is -0.340. The fourth-order valence-electron chi connectivity index (χ4n) is 2.35. The summed E-state index contributed by atoms with van der Waals surface area (Å²) in [6.07, 6.45) is 1.69. The number of hydrogen-bond donors (Lipinski definition) is 1. The number of nitrogens with zero attached hydrogens (tertiary/aromatic N) is 3. The number of rotatable bonds is 5. The molecule has 0 aliphatic heterocycles. The van der Waals surface area contributed by atoms with Crippen LogP contribution in [0.4, 0.5) is 0 Å². The van der Waals surface area contributed by atoms with Crippen LogP contribution in [-0.4, -0.2) is 26.4 Å².